The van der Waals surface area contributed by atoms with Crippen LogP contribution in [0.5, 0.6) is 0 Å². The topological polar surface area (TPSA) is 0 Å². The maximum Gasteiger partial charge on any atom is -1.00 e. The third-order valence-electron chi connectivity index (χ3n) is 6.05. The Hall–Kier alpha value is -1.28. The van der Waals surface area contributed by atoms with Crippen molar-refractivity contribution in [3.05, 3.63) is 129 Å². The van der Waals surface area contributed by atoms with Crippen LogP contribution in [0.1, 0.15) is 49.3 Å². The van der Waals surface area contributed by atoms with Crippen LogP contribution in [0.3, 0.4) is 0 Å². The summed E-state index contributed by atoms with van der Waals surface area (Å²) in [5, 5.41) is 0. The smallest absolute Gasteiger partial charge is 1.00 e. The molecule has 1 aliphatic carbocycles. The molecule has 0 atom stereocenters. The molecule has 164 valence electrons. The Morgan fingerprint density at radius 2 is 1.09 bits per heavy atom. The summed E-state index contributed by atoms with van der Waals surface area (Å²) in [7, 11) is 0. The zero-order chi connectivity index (χ0) is 20.1. The summed E-state index contributed by atoms with van der Waals surface area (Å²) in [4.78, 5) is 0. The Bertz CT molecular complexity index is 916. The maximum absolute atomic E-state index is 2.43. The molecule has 0 saturated heterocycles. The third kappa shape index (κ3) is 5.44. The second kappa shape index (κ2) is 13.4. The van der Waals surface area contributed by atoms with Crippen LogP contribution in [-0.2, 0) is 25.9 Å². The molecule has 0 aliphatic heterocycles. The van der Waals surface area contributed by atoms with Gasteiger partial charge in [-0.15, -0.1) is 0 Å². The molecule has 4 rings (SSSR count). The quantitative estimate of drug-likeness (QED) is 0.261. The van der Waals surface area contributed by atoms with E-state index in [4.69, 9.17) is 0 Å². The van der Waals surface area contributed by atoms with E-state index in [0.717, 1.165) is 12.8 Å². The average molecular weight is 518 g/mol. The van der Waals surface area contributed by atoms with Crippen molar-refractivity contribution < 1.29 is 57.7 Å². The monoisotopic (exact) mass is 516 g/mol. The molecule has 0 bridgehead atoms. The average Bonchev–Trinajstić information content (AvgIpc) is 3.16. The van der Waals surface area contributed by atoms with Crippen molar-refractivity contribution in [3.8, 4) is 0 Å². The van der Waals surface area contributed by atoms with Crippen LogP contribution in [0.2, 0.25) is 0 Å². The van der Waals surface area contributed by atoms with Gasteiger partial charge in [-0.3, -0.25) is 0 Å². The van der Waals surface area contributed by atoms with Gasteiger partial charge in [-0.1, -0.05) is 0 Å². The first-order chi connectivity index (χ1) is 14.3. The Morgan fingerprint density at radius 3 is 1.47 bits per heavy atom. The molecule has 3 aromatic carbocycles. The summed E-state index contributed by atoms with van der Waals surface area (Å²) in [6.07, 6.45) is 7.06. The van der Waals surface area contributed by atoms with Gasteiger partial charge in [0.25, 0.3) is 0 Å². The summed E-state index contributed by atoms with van der Waals surface area (Å²) >= 11 is 2.30. The van der Waals surface area contributed by atoms with Gasteiger partial charge in [-0.05, 0) is 0 Å². The van der Waals surface area contributed by atoms with E-state index >= 15 is 0 Å². The SMILES string of the molecule is CCCCC1=C(C(c2ccccc2)(c2ccccc2)c2ccccc2)CC=[C]1[Ti+3].[Cl-].[Cl-].[Cl-]. The number of unbranched alkanes of at least 4 members (excludes halogenated alkanes) is 1. The largest absolute Gasteiger partial charge is 1.00 e. The van der Waals surface area contributed by atoms with E-state index in [2.05, 4.69) is 124 Å². The molecular formula is C28H27Cl3Ti. The zero-order valence-electron chi connectivity index (χ0n) is 18.2. The molecule has 32 heavy (non-hydrogen) atoms. The van der Waals surface area contributed by atoms with Crippen molar-refractivity contribution in [3.63, 3.8) is 0 Å². The maximum atomic E-state index is 2.43. The summed E-state index contributed by atoms with van der Waals surface area (Å²) in [6, 6.07) is 33.2. The van der Waals surface area contributed by atoms with Gasteiger partial charge in [-0.2, -0.15) is 0 Å². The van der Waals surface area contributed by atoms with E-state index in [0.29, 0.717) is 0 Å². The van der Waals surface area contributed by atoms with Gasteiger partial charge < -0.3 is 37.2 Å². The van der Waals surface area contributed by atoms with Crippen molar-refractivity contribution in [1.29, 1.82) is 0 Å². The predicted octanol–water partition coefficient (Wildman–Crippen LogP) is -1.65. The minimum atomic E-state index is -0.263. The van der Waals surface area contributed by atoms with Crippen LogP contribution in [0, 0.1) is 0 Å². The number of allylic oxidation sites excluding steroid dienone is 4. The molecule has 0 amide bonds. The van der Waals surface area contributed by atoms with Gasteiger partial charge in [0.05, 0.1) is 0 Å². The second-order valence-corrected chi connectivity index (χ2v) is 8.57. The van der Waals surface area contributed by atoms with Crippen LogP contribution < -0.4 is 37.2 Å². The molecule has 0 saturated carbocycles. The predicted molar refractivity (Wildman–Crippen MR) is 118 cm³/mol. The van der Waals surface area contributed by atoms with Crippen LogP contribution in [0.4, 0.5) is 0 Å². The number of hydrogen-bond acceptors (Lipinski definition) is 0. The van der Waals surface area contributed by atoms with E-state index in [1.54, 1.807) is 11.1 Å². The summed E-state index contributed by atoms with van der Waals surface area (Å²) in [6.45, 7) is 2.28. The Balaban J connectivity index is 0.00000171. The van der Waals surface area contributed by atoms with E-state index in [-0.39, 0.29) is 42.6 Å². The van der Waals surface area contributed by atoms with Crippen molar-refractivity contribution in [2.75, 3.05) is 0 Å². The normalized spacial score (nSPS) is 12.9. The van der Waals surface area contributed by atoms with Crippen LogP contribution in [0.15, 0.2) is 112 Å². The molecule has 0 nitrogen and oxygen atoms in total. The fourth-order valence-corrected chi connectivity index (χ4v) is 5.31. The Morgan fingerprint density at radius 1 is 0.688 bits per heavy atom. The molecule has 0 aromatic heterocycles. The van der Waals surface area contributed by atoms with Gasteiger partial charge in [0.2, 0.25) is 0 Å². The standard InChI is InChI=1S/C28H27.3ClH.Ti/c1-2-3-14-23-15-13-22-27(23)28(24-16-7-4-8-17-24,25-18-9-5-10-19-25)26-20-11-6-12-21-26;;;;/h4-13,16-21H,2-3,14,22H2,1H3;3*1H;/q;;;;+3/p-3. The van der Waals surface area contributed by atoms with Crippen molar-refractivity contribution >= 4 is 0 Å². The molecule has 4 heteroatoms. The number of benzene rings is 3. The van der Waals surface area contributed by atoms with E-state index < -0.39 is 0 Å². The van der Waals surface area contributed by atoms with Crippen molar-refractivity contribution in [1.82, 2.24) is 0 Å². The van der Waals surface area contributed by atoms with Gasteiger partial charge in [0.15, 0.2) is 0 Å². The number of halogens is 3. The molecule has 0 N–H and O–H groups in total. The second-order valence-electron chi connectivity index (χ2n) is 7.73. The molecule has 0 heterocycles. The first-order valence-electron chi connectivity index (χ1n) is 10.6. The van der Waals surface area contributed by atoms with Gasteiger partial charge >= 0.3 is 187 Å². The van der Waals surface area contributed by atoms with Crippen LogP contribution in [0.25, 0.3) is 0 Å². The fourth-order valence-electron chi connectivity index (χ4n) is 4.72. The minimum absolute atomic E-state index is 0. The molecule has 0 spiro atoms. The van der Waals surface area contributed by atoms with Crippen molar-refractivity contribution in [2.45, 2.75) is 38.0 Å². The first-order valence-corrected chi connectivity index (χ1v) is 11.4. The first kappa shape index (κ1) is 28.8. The number of rotatable bonds is 7. The van der Waals surface area contributed by atoms with Gasteiger partial charge in [-0.25, -0.2) is 0 Å². The zero-order valence-corrected chi connectivity index (χ0v) is 22.0. The number of hydrogen-bond donors (Lipinski definition) is 0. The molecule has 0 unspecified atom stereocenters. The van der Waals surface area contributed by atoms with Crippen LogP contribution >= 0.6 is 0 Å². The molecule has 0 radical (unpaired) electrons. The summed E-state index contributed by atoms with van der Waals surface area (Å²) < 4.78 is 1.46. The molecular weight excluding hydrogens is 491 g/mol. The summed E-state index contributed by atoms with van der Waals surface area (Å²) in [5.74, 6) is 0. The third-order valence-corrected chi connectivity index (χ3v) is 6.84. The molecule has 1 aliphatic rings. The van der Waals surface area contributed by atoms with Crippen molar-refractivity contribution in [2.24, 2.45) is 0 Å². The minimum Gasteiger partial charge on any atom is -1.00 e. The van der Waals surface area contributed by atoms with E-state index in [1.165, 1.54) is 33.4 Å². The molecule has 3 aromatic rings. The Labute approximate surface area is 223 Å². The van der Waals surface area contributed by atoms with E-state index in [9.17, 15) is 0 Å². The van der Waals surface area contributed by atoms with Gasteiger partial charge in [0, 0.05) is 0 Å². The molecule has 0 fully saturated rings. The van der Waals surface area contributed by atoms with E-state index in [1.807, 2.05) is 0 Å². The fraction of sp³-hybridized carbons (Fsp3) is 0.214. The van der Waals surface area contributed by atoms with Gasteiger partial charge in [0.1, 0.15) is 0 Å². The van der Waals surface area contributed by atoms with Crippen LogP contribution in [-0.4, -0.2) is 0 Å². The summed E-state index contributed by atoms with van der Waals surface area (Å²) in [5.41, 5.74) is 6.90. The Kier molecular flexibility index (Phi) is 12.1.